The summed E-state index contributed by atoms with van der Waals surface area (Å²) in [7, 11) is 0. The molecule has 0 bridgehead atoms. The van der Waals surface area contributed by atoms with Crippen molar-refractivity contribution in [1.82, 2.24) is 4.57 Å². The summed E-state index contributed by atoms with van der Waals surface area (Å²) in [5.41, 5.74) is 11.8. The van der Waals surface area contributed by atoms with Gasteiger partial charge in [0.1, 0.15) is 0 Å². The average molecular weight is 418 g/mol. The molecule has 6 rings (SSSR count). The minimum Gasteiger partial charge on any atom is -0.397 e. The largest absolute Gasteiger partial charge is 0.397 e. The first kappa shape index (κ1) is 17.9. The minimum absolute atomic E-state index is 0.463. The molecule has 0 unspecified atom stereocenters. The fraction of sp³-hybridized carbons (Fsp3) is 0. The van der Waals surface area contributed by atoms with Crippen LogP contribution in [0.5, 0.6) is 0 Å². The standard InChI is InChI=1S/C27H19N3S/c28-25(27-26(29)21-11-5-7-13-24(21)31-27)17-14-15-20-19-10-4-6-12-22(19)30(23(20)16-17)18-8-2-1-3-9-18/h1-16,28H,29H2. The van der Waals surface area contributed by atoms with Crippen molar-refractivity contribution in [1.29, 1.82) is 5.41 Å². The molecule has 2 heterocycles. The Balaban J connectivity index is 1.60. The maximum atomic E-state index is 8.95. The lowest BCUT2D eigenvalue weighted by Crippen LogP contribution is -2.03. The first-order valence-corrected chi connectivity index (χ1v) is 11.0. The van der Waals surface area contributed by atoms with E-state index in [1.807, 2.05) is 30.3 Å². The van der Waals surface area contributed by atoms with Gasteiger partial charge < -0.3 is 10.3 Å². The zero-order valence-electron chi connectivity index (χ0n) is 16.7. The van der Waals surface area contributed by atoms with E-state index in [9.17, 15) is 0 Å². The molecular formula is C27H19N3S. The van der Waals surface area contributed by atoms with Gasteiger partial charge in [-0.1, -0.05) is 66.7 Å². The SMILES string of the molecule is N=C(c1ccc2c3ccccc3n(-c3ccccc3)c2c1)c1sc2ccccc2c1N. The third-order valence-electron chi connectivity index (χ3n) is 5.84. The zero-order valence-corrected chi connectivity index (χ0v) is 17.5. The van der Waals surface area contributed by atoms with Crippen molar-refractivity contribution >= 4 is 54.6 Å². The van der Waals surface area contributed by atoms with Gasteiger partial charge in [-0.15, -0.1) is 11.3 Å². The minimum atomic E-state index is 0.463. The Morgan fingerprint density at radius 2 is 1.39 bits per heavy atom. The van der Waals surface area contributed by atoms with Gasteiger partial charge in [0.05, 0.1) is 27.3 Å². The van der Waals surface area contributed by atoms with Crippen molar-refractivity contribution in [2.45, 2.75) is 0 Å². The second-order valence-electron chi connectivity index (χ2n) is 7.64. The van der Waals surface area contributed by atoms with Crippen LogP contribution in [-0.4, -0.2) is 10.3 Å². The molecule has 3 nitrogen and oxygen atoms in total. The number of nitrogen functional groups attached to an aromatic ring is 1. The Labute approximate surface area is 183 Å². The van der Waals surface area contributed by atoms with Gasteiger partial charge in [0.2, 0.25) is 0 Å². The number of anilines is 1. The van der Waals surface area contributed by atoms with E-state index in [2.05, 4.69) is 71.3 Å². The Morgan fingerprint density at radius 1 is 0.710 bits per heavy atom. The molecule has 0 fully saturated rings. The van der Waals surface area contributed by atoms with Gasteiger partial charge in [0.15, 0.2) is 0 Å². The second kappa shape index (κ2) is 6.83. The summed E-state index contributed by atoms with van der Waals surface area (Å²) < 4.78 is 3.38. The van der Waals surface area contributed by atoms with Gasteiger partial charge in [0, 0.05) is 32.1 Å². The number of nitrogens with zero attached hydrogens (tertiary/aromatic N) is 1. The molecular weight excluding hydrogens is 398 g/mol. The molecule has 0 saturated carbocycles. The highest BCUT2D eigenvalue weighted by Crippen LogP contribution is 2.37. The first-order valence-electron chi connectivity index (χ1n) is 10.2. The molecule has 4 aromatic carbocycles. The van der Waals surface area contributed by atoms with Gasteiger partial charge in [-0.05, 0) is 30.3 Å². The van der Waals surface area contributed by atoms with E-state index in [0.717, 1.165) is 37.2 Å². The summed E-state index contributed by atoms with van der Waals surface area (Å²) in [6.45, 7) is 0. The molecule has 148 valence electrons. The normalized spacial score (nSPS) is 11.5. The highest BCUT2D eigenvalue weighted by molar-refractivity contribution is 7.21. The van der Waals surface area contributed by atoms with Gasteiger partial charge in [-0.2, -0.15) is 0 Å². The van der Waals surface area contributed by atoms with Crippen molar-refractivity contribution in [2.75, 3.05) is 5.73 Å². The quantitative estimate of drug-likeness (QED) is 0.299. The van der Waals surface area contributed by atoms with Gasteiger partial charge in [-0.3, -0.25) is 5.41 Å². The first-order chi connectivity index (χ1) is 15.2. The third-order valence-corrected chi connectivity index (χ3v) is 7.04. The molecule has 0 aliphatic heterocycles. The summed E-state index contributed by atoms with van der Waals surface area (Å²) in [6.07, 6.45) is 0. The molecule has 0 aliphatic rings. The predicted molar refractivity (Wildman–Crippen MR) is 133 cm³/mol. The topological polar surface area (TPSA) is 54.8 Å². The molecule has 3 N–H and O–H groups in total. The number of hydrogen-bond acceptors (Lipinski definition) is 3. The van der Waals surface area contributed by atoms with Crippen LogP contribution < -0.4 is 5.73 Å². The van der Waals surface area contributed by atoms with E-state index in [1.54, 1.807) is 11.3 Å². The maximum absolute atomic E-state index is 8.95. The molecule has 4 heteroatoms. The summed E-state index contributed by atoms with van der Waals surface area (Å²) in [5, 5.41) is 12.4. The zero-order chi connectivity index (χ0) is 20.9. The van der Waals surface area contributed by atoms with Crippen molar-refractivity contribution in [3.63, 3.8) is 0 Å². The lowest BCUT2D eigenvalue weighted by Gasteiger charge is -2.09. The molecule has 0 atom stereocenters. The van der Waals surface area contributed by atoms with Gasteiger partial charge in [0.25, 0.3) is 0 Å². The highest BCUT2D eigenvalue weighted by atomic mass is 32.1. The molecule has 31 heavy (non-hydrogen) atoms. The highest BCUT2D eigenvalue weighted by Gasteiger charge is 2.17. The monoisotopic (exact) mass is 417 g/mol. The number of benzene rings is 4. The van der Waals surface area contributed by atoms with E-state index >= 15 is 0 Å². The van der Waals surface area contributed by atoms with E-state index in [-0.39, 0.29) is 0 Å². The van der Waals surface area contributed by atoms with Gasteiger partial charge >= 0.3 is 0 Å². The summed E-state index contributed by atoms with van der Waals surface area (Å²) >= 11 is 1.58. The lowest BCUT2D eigenvalue weighted by atomic mass is 10.0. The number of hydrogen-bond donors (Lipinski definition) is 2. The smallest absolute Gasteiger partial charge is 0.0806 e. The molecule has 0 aliphatic carbocycles. The van der Waals surface area contributed by atoms with E-state index in [4.69, 9.17) is 11.1 Å². The number of nitrogens with one attached hydrogen (secondary N) is 1. The number of aromatic nitrogens is 1. The summed E-state index contributed by atoms with van der Waals surface area (Å²) in [5.74, 6) is 0. The Morgan fingerprint density at radius 3 is 2.19 bits per heavy atom. The summed E-state index contributed by atoms with van der Waals surface area (Å²) in [6, 6.07) is 33.2. The van der Waals surface area contributed by atoms with Crippen LogP contribution in [0.4, 0.5) is 5.69 Å². The maximum Gasteiger partial charge on any atom is 0.0806 e. The van der Waals surface area contributed by atoms with Crippen LogP contribution in [0.3, 0.4) is 0 Å². The predicted octanol–water partition coefficient (Wildman–Crippen LogP) is 7.00. The number of nitrogens with two attached hydrogens (primary N) is 1. The van der Waals surface area contributed by atoms with Crippen molar-refractivity contribution in [2.24, 2.45) is 0 Å². The van der Waals surface area contributed by atoms with Crippen LogP contribution >= 0.6 is 11.3 Å². The van der Waals surface area contributed by atoms with Crippen LogP contribution in [0.15, 0.2) is 97.1 Å². The lowest BCUT2D eigenvalue weighted by molar-refractivity contribution is 1.18. The number of rotatable bonds is 3. The third kappa shape index (κ3) is 2.69. The average Bonchev–Trinajstić information content (AvgIpc) is 3.34. The van der Waals surface area contributed by atoms with Gasteiger partial charge in [-0.25, -0.2) is 0 Å². The van der Waals surface area contributed by atoms with Crippen molar-refractivity contribution < 1.29 is 0 Å². The van der Waals surface area contributed by atoms with Crippen LogP contribution in [0.25, 0.3) is 37.6 Å². The molecule has 0 amide bonds. The van der Waals surface area contributed by atoms with E-state index < -0.39 is 0 Å². The van der Waals surface area contributed by atoms with Crippen molar-refractivity contribution in [3.05, 3.63) is 108 Å². The molecule has 6 aromatic rings. The van der Waals surface area contributed by atoms with Crippen molar-refractivity contribution in [3.8, 4) is 5.69 Å². The van der Waals surface area contributed by atoms with Crippen LogP contribution in [-0.2, 0) is 0 Å². The van der Waals surface area contributed by atoms with Crippen LogP contribution in [0.2, 0.25) is 0 Å². The number of fused-ring (bicyclic) bond motifs is 4. The molecule has 2 aromatic heterocycles. The second-order valence-corrected chi connectivity index (χ2v) is 8.69. The van der Waals surface area contributed by atoms with E-state index in [1.165, 1.54) is 10.8 Å². The Kier molecular flexibility index (Phi) is 3.95. The van der Waals surface area contributed by atoms with Crippen LogP contribution in [0.1, 0.15) is 10.4 Å². The molecule has 0 saturated heterocycles. The Hall–Kier alpha value is -3.89. The molecule has 0 spiro atoms. The number of thiophene rings is 1. The number of para-hydroxylation sites is 2. The Bertz CT molecular complexity index is 1610. The molecule has 0 radical (unpaired) electrons. The summed E-state index contributed by atoms with van der Waals surface area (Å²) in [4.78, 5) is 0.822. The van der Waals surface area contributed by atoms with E-state index in [0.29, 0.717) is 11.4 Å². The van der Waals surface area contributed by atoms with Crippen LogP contribution in [0, 0.1) is 5.41 Å². The fourth-order valence-corrected chi connectivity index (χ4v) is 5.46. The fourth-order valence-electron chi connectivity index (χ4n) is 4.36.